The van der Waals surface area contributed by atoms with Gasteiger partial charge in [0.2, 0.25) is 0 Å². The highest BCUT2D eigenvalue weighted by Gasteiger charge is 2.08. The topological polar surface area (TPSA) is 52.9 Å². The maximum atomic E-state index is 6.02. The van der Waals surface area contributed by atoms with E-state index in [9.17, 15) is 0 Å². The van der Waals surface area contributed by atoms with Gasteiger partial charge in [0, 0.05) is 6.20 Å². The molecule has 27 heavy (non-hydrogen) atoms. The zero-order valence-electron chi connectivity index (χ0n) is 17.2. The summed E-state index contributed by atoms with van der Waals surface area (Å²) in [6, 6.07) is 7.83. The molecule has 5 heteroatoms. The molecule has 0 bridgehead atoms. The number of aromatic nitrogens is 1. The van der Waals surface area contributed by atoms with Crippen LogP contribution in [0.4, 0.5) is 0 Å². The Hall–Kier alpha value is -2.82. The van der Waals surface area contributed by atoms with Crippen molar-refractivity contribution >= 4 is 6.21 Å². The van der Waals surface area contributed by atoms with E-state index in [1.54, 1.807) is 12.4 Å². The van der Waals surface area contributed by atoms with Gasteiger partial charge in [-0.2, -0.15) is 0 Å². The van der Waals surface area contributed by atoms with Crippen LogP contribution in [0.25, 0.3) is 0 Å². The number of ether oxygens (including phenoxy) is 2. The minimum atomic E-state index is 0.455. The molecule has 0 saturated heterocycles. The lowest BCUT2D eigenvalue weighted by molar-refractivity contribution is 0.215. The summed E-state index contributed by atoms with van der Waals surface area (Å²) in [5.41, 5.74) is 3.83. The zero-order valence-corrected chi connectivity index (χ0v) is 17.2. The van der Waals surface area contributed by atoms with E-state index in [-0.39, 0.29) is 0 Å². The number of hydrogen-bond donors (Lipinski definition) is 0. The third kappa shape index (κ3) is 7.52. The summed E-state index contributed by atoms with van der Waals surface area (Å²) >= 11 is 0. The number of pyridine rings is 1. The maximum absolute atomic E-state index is 6.02. The fourth-order valence-electron chi connectivity index (χ4n) is 2.38. The van der Waals surface area contributed by atoms with E-state index in [1.807, 2.05) is 71.0 Å². The fraction of sp³-hybridized carbons (Fsp3) is 0.364. The van der Waals surface area contributed by atoms with E-state index in [1.165, 1.54) is 7.11 Å². The van der Waals surface area contributed by atoms with Crippen LogP contribution in [0, 0.1) is 13.8 Å². The first-order valence-electron chi connectivity index (χ1n) is 9.13. The van der Waals surface area contributed by atoms with Crippen molar-refractivity contribution in [2.75, 3.05) is 13.7 Å². The standard InChI is InChI=1S/C20H24N2O3.C2H6/c1-5-6-9-24-19-10-15(2)20(16(3)11-19)25-14-17-7-8-21-18(12-17)13-22-23-4;1-2/h5-8,10-13H,9,14H2,1-4H3;1-2H3/b6-5+,22-13?;. The minimum absolute atomic E-state index is 0.455. The van der Waals surface area contributed by atoms with Crippen molar-refractivity contribution in [1.82, 2.24) is 4.98 Å². The van der Waals surface area contributed by atoms with Crippen molar-refractivity contribution < 1.29 is 14.3 Å². The fourth-order valence-corrected chi connectivity index (χ4v) is 2.38. The minimum Gasteiger partial charge on any atom is -0.490 e. The van der Waals surface area contributed by atoms with Gasteiger partial charge >= 0.3 is 0 Å². The highest BCUT2D eigenvalue weighted by Crippen LogP contribution is 2.29. The van der Waals surface area contributed by atoms with E-state index in [0.717, 1.165) is 33.9 Å². The van der Waals surface area contributed by atoms with Crippen molar-refractivity contribution in [3.05, 3.63) is 65.0 Å². The molecule has 0 unspecified atom stereocenters. The van der Waals surface area contributed by atoms with Gasteiger partial charge in [-0.1, -0.05) is 31.2 Å². The molecule has 1 aromatic heterocycles. The molecule has 0 aliphatic heterocycles. The van der Waals surface area contributed by atoms with Crippen molar-refractivity contribution in [1.29, 1.82) is 0 Å². The van der Waals surface area contributed by atoms with Crippen LogP contribution in [-0.2, 0) is 11.4 Å². The summed E-state index contributed by atoms with van der Waals surface area (Å²) in [6.07, 6.45) is 7.24. The highest BCUT2D eigenvalue weighted by atomic mass is 16.6. The third-order valence-corrected chi connectivity index (χ3v) is 3.53. The van der Waals surface area contributed by atoms with Crippen molar-refractivity contribution in [3.63, 3.8) is 0 Å². The summed E-state index contributed by atoms with van der Waals surface area (Å²) in [7, 11) is 1.50. The van der Waals surface area contributed by atoms with Gasteiger partial charge in [-0.3, -0.25) is 4.98 Å². The normalized spacial score (nSPS) is 10.6. The monoisotopic (exact) mass is 370 g/mol. The van der Waals surface area contributed by atoms with E-state index in [4.69, 9.17) is 9.47 Å². The van der Waals surface area contributed by atoms with Crippen LogP contribution in [0.5, 0.6) is 11.5 Å². The number of oxime groups is 1. The first kappa shape index (κ1) is 22.2. The van der Waals surface area contributed by atoms with Crippen LogP contribution in [0.3, 0.4) is 0 Å². The summed E-state index contributed by atoms with van der Waals surface area (Å²) in [5.74, 6) is 1.73. The Morgan fingerprint density at radius 1 is 1.07 bits per heavy atom. The number of benzene rings is 1. The number of aryl methyl sites for hydroxylation is 2. The molecule has 0 aliphatic rings. The van der Waals surface area contributed by atoms with Crippen molar-refractivity contribution in [2.24, 2.45) is 5.16 Å². The quantitative estimate of drug-likeness (QED) is 0.362. The highest BCUT2D eigenvalue weighted by molar-refractivity contribution is 5.76. The number of rotatable bonds is 8. The number of nitrogens with zero attached hydrogens (tertiary/aromatic N) is 2. The molecule has 5 nitrogen and oxygen atoms in total. The Morgan fingerprint density at radius 3 is 2.41 bits per heavy atom. The van der Waals surface area contributed by atoms with Gasteiger partial charge in [0.15, 0.2) is 0 Å². The van der Waals surface area contributed by atoms with Gasteiger partial charge in [0.1, 0.15) is 31.8 Å². The molecule has 0 spiro atoms. The van der Waals surface area contributed by atoms with Crippen LogP contribution >= 0.6 is 0 Å². The molecule has 0 fully saturated rings. The number of hydrogen-bond acceptors (Lipinski definition) is 5. The second-order valence-corrected chi connectivity index (χ2v) is 5.56. The maximum Gasteiger partial charge on any atom is 0.125 e. The first-order valence-corrected chi connectivity index (χ1v) is 9.13. The van der Waals surface area contributed by atoms with Crippen LogP contribution in [0.1, 0.15) is 43.2 Å². The second kappa shape index (κ2) is 12.5. The zero-order chi connectivity index (χ0) is 20.1. The summed E-state index contributed by atoms with van der Waals surface area (Å²) < 4.78 is 11.7. The number of allylic oxidation sites excluding steroid dienone is 1. The van der Waals surface area contributed by atoms with E-state index in [0.29, 0.717) is 13.2 Å². The molecular weight excluding hydrogens is 340 g/mol. The lowest BCUT2D eigenvalue weighted by Gasteiger charge is -2.14. The Morgan fingerprint density at radius 2 is 1.78 bits per heavy atom. The van der Waals surface area contributed by atoms with Gasteiger partial charge in [-0.05, 0) is 61.7 Å². The summed E-state index contributed by atoms with van der Waals surface area (Å²) in [5, 5.41) is 3.72. The van der Waals surface area contributed by atoms with Gasteiger partial charge in [-0.15, -0.1) is 0 Å². The molecule has 146 valence electrons. The lowest BCUT2D eigenvalue weighted by Crippen LogP contribution is -2.02. The Balaban J connectivity index is 0.00000176. The third-order valence-electron chi connectivity index (χ3n) is 3.53. The summed E-state index contributed by atoms with van der Waals surface area (Å²) in [4.78, 5) is 8.88. The van der Waals surface area contributed by atoms with E-state index in [2.05, 4.69) is 15.0 Å². The van der Waals surface area contributed by atoms with Gasteiger partial charge in [0.25, 0.3) is 0 Å². The van der Waals surface area contributed by atoms with Crippen LogP contribution in [-0.4, -0.2) is 24.9 Å². The van der Waals surface area contributed by atoms with Crippen molar-refractivity contribution in [3.8, 4) is 11.5 Å². The average molecular weight is 370 g/mol. The van der Waals surface area contributed by atoms with Gasteiger partial charge in [-0.25, -0.2) is 0 Å². The Bertz CT molecular complexity index is 732. The van der Waals surface area contributed by atoms with E-state index >= 15 is 0 Å². The molecule has 0 atom stereocenters. The SMILES string of the molecule is C/C=C/COc1cc(C)c(OCc2ccnc(C=NOC)c2)c(C)c1.CC. The molecule has 0 saturated carbocycles. The van der Waals surface area contributed by atoms with E-state index < -0.39 is 0 Å². The molecule has 0 amide bonds. The smallest absolute Gasteiger partial charge is 0.125 e. The second-order valence-electron chi connectivity index (χ2n) is 5.56. The van der Waals surface area contributed by atoms with Gasteiger partial charge in [0.05, 0.1) is 11.9 Å². The van der Waals surface area contributed by atoms with Crippen LogP contribution in [0.15, 0.2) is 47.8 Å². The molecular formula is C22H30N2O3. The summed E-state index contributed by atoms with van der Waals surface area (Å²) in [6.45, 7) is 11.0. The molecule has 2 rings (SSSR count). The van der Waals surface area contributed by atoms with Crippen molar-refractivity contribution in [2.45, 2.75) is 41.2 Å². The molecule has 1 aromatic carbocycles. The molecule has 0 aliphatic carbocycles. The predicted octanol–water partition coefficient (Wildman–Crippen LogP) is 5.24. The Labute approximate surface area is 162 Å². The molecule has 0 N–H and O–H groups in total. The predicted molar refractivity (Wildman–Crippen MR) is 111 cm³/mol. The lowest BCUT2D eigenvalue weighted by atomic mass is 10.1. The van der Waals surface area contributed by atoms with Crippen LogP contribution < -0.4 is 9.47 Å². The largest absolute Gasteiger partial charge is 0.490 e. The Kier molecular flexibility index (Phi) is 10.3. The van der Waals surface area contributed by atoms with Gasteiger partial charge < -0.3 is 14.3 Å². The molecule has 0 radical (unpaired) electrons. The van der Waals surface area contributed by atoms with Crippen LogP contribution in [0.2, 0.25) is 0 Å². The molecule has 2 aromatic rings. The molecule has 1 heterocycles. The average Bonchev–Trinajstić information content (AvgIpc) is 2.68. The first-order chi connectivity index (χ1) is 13.1.